The highest BCUT2D eigenvalue weighted by Gasteiger charge is 2.38. The van der Waals surface area contributed by atoms with Gasteiger partial charge in [-0.1, -0.05) is 17.2 Å². The van der Waals surface area contributed by atoms with Crippen LogP contribution >= 0.6 is 0 Å². The summed E-state index contributed by atoms with van der Waals surface area (Å²) in [6.45, 7) is 0. The summed E-state index contributed by atoms with van der Waals surface area (Å²) < 4.78 is 1.36. The summed E-state index contributed by atoms with van der Waals surface area (Å²) in [5.41, 5.74) is 0.494. The molecule has 0 bridgehead atoms. The first-order valence-electron chi connectivity index (χ1n) is 7.16. The van der Waals surface area contributed by atoms with Crippen LogP contribution in [-0.2, 0) is 4.84 Å². The first-order valence-corrected chi connectivity index (χ1v) is 7.16. The quantitative estimate of drug-likeness (QED) is 0.658. The molecule has 1 aliphatic heterocycles. The van der Waals surface area contributed by atoms with Gasteiger partial charge in [-0.05, 0) is 24.3 Å². The Bertz CT molecular complexity index is 964. The van der Waals surface area contributed by atoms with Crippen molar-refractivity contribution in [3.05, 3.63) is 71.9 Å². The molecule has 9 heteroatoms. The van der Waals surface area contributed by atoms with Gasteiger partial charge in [0.2, 0.25) is 0 Å². The molecule has 0 aliphatic carbocycles. The van der Waals surface area contributed by atoms with E-state index < -0.39 is 17.8 Å². The van der Waals surface area contributed by atoms with Crippen LogP contribution in [0.15, 0.2) is 55.2 Å². The van der Waals surface area contributed by atoms with Crippen molar-refractivity contribution in [1.82, 2.24) is 24.8 Å². The van der Waals surface area contributed by atoms with Gasteiger partial charge in [-0.25, -0.2) is 19.4 Å². The van der Waals surface area contributed by atoms with E-state index in [9.17, 15) is 14.4 Å². The van der Waals surface area contributed by atoms with Gasteiger partial charge in [-0.2, -0.15) is 5.10 Å². The minimum atomic E-state index is -0.863. The molecular formula is C16H9N5O4. The molecule has 0 radical (unpaired) electrons. The van der Waals surface area contributed by atoms with Crippen LogP contribution in [0.3, 0.4) is 0 Å². The predicted octanol–water partition coefficient (Wildman–Crippen LogP) is 1.03. The number of hydroxylamine groups is 2. The van der Waals surface area contributed by atoms with Gasteiger partial charge in [-0.3, -0.25) is 9.59 Å². The fourth-order valence-corrected chi connectivity index (χ4v) is 2.38. The highest BCUT2D eigenvalue weighted by molar-refractivity contribution is 6.21. The third kappa shape index (κ3) is 2.43. The molecule has 1 aliphatic rings. The second kappa shape index (κ2) is 5.64. The molecule has 1 aromatic carbocycles. The maximum Gasteiger partial charge on any atom is 0.364 e. The van der Waals surface area contributed by atoms with Crippen LogP contribution < -0.4 is 0 Å². The lowest BCUT2D eigenvalue weighted by atomic mass is 10.1. The van der Waals surface area contributed by atoms with Crippen LogP contribution in [0.4, 0.5) is 0 Å². The molecule has 0 saturated heterocycles. The number of carbonyl (C=O) groups is 3. The van der Waals surface area contributed by atoms with Gasteiger partial charge in [0.25, 0.3) is 11.8 Å². The van der Waals surface area contributed by atoms with Crippen LogP contribution in [-0.4, -0.2) is 42.6 Å². The second-order valence-electron chi connectivity index (χ2n) is 5.07. The lowest BCUT2D eigenvalue weighted by Crippen LogP contribution is -2.32. The van der Waals surface area contributed by atoms with Crippen molar-refractivity contribution in [2.24, 2.45) is 0 Å². The van der Waals surface area contributed by atoms with Gasteiger partial charge in [0.05, 0.1) is 16.7 Å². The van der Waals surface area contributed by atoms with Crippen molar-refractivity contribution in [3.8, 4) is 5.82 Å². The highest BCUT2D eigenvalue weighted by atomic mass is 16.7. The van der Waals surface area contributed by atoms with Gasteiger partial charge in [0.1, 0.15) is 12.7 Å². The van der Waals surface area contributed by atoms with Crippen molar-refractivity contribution in [2.75, 3.05) is 0 Å². The number of amides is 2. The minimum Gasteiger partial charge on any atom is -0.324 e. The Labute approximate surface area is 140 Å². The number of benzene rings is 1. The molecule has 0 spiro atoms. The van der Waals surface area contributed by atoms with E-state index in [-0.39, 0.29) is 16.7 Å². The number of hydrogen-bond donors (Lipinski definition) is 0. The minimum absolute atomic E-state index is 0.108. The fourth-order valence-electron chi connectivity index (χ4n) is 2.38. The Balaban J connectivity index is 1.58. The van der Waals surface area contributed by atoms with Gasteiger partial charge >= 0.3 is 5.97 Å². The molecule has 122 valence electrons. The molecule has 3 aromatic rings. The smallest absolute Gasteiger partial charge is 0.324 e. The lowest BCUT2D eigenvalue weighted by molar-refractivity contribution is -0.0584. The van der Waals surface area contributed by atoms with E-state index in [4.69, 9.17) is 4.84 Å². The van der Waals surface area contributed by atoms with E-state index in [1.165, 1.54) is 47.8 Å². The second-order valence-corrected chi connectivity index (χ2v) is 5.07. The van der Waals surface area contributed by atoms with Crippen LogP contribution in [0, 0.1) is 0 Å². The average Bonchev–Trinajstić information content (AvgIpc) is 3.26. The molecule has 0 N–H and O–H groups in total. The van der Waals surface area contributed by atoms with Crippen molar-refractivity contribution < 1.29 is 19.2 Å². The number of carbonyl (C=O) groups excluding carboxylic acids is 3. The third-order valence-electron chi connectivity index (χ3n) is 3.57. The number of fused-ring (bicyclic) bond motifs is 1. The molecule has 0 saturated carbocycles. The molecule has 0 fully saturated rings. The third-order valence-corrected chi connectivity index (χ3v) is 3.57. The molecule has 25 heavy (non-hydrogen) atoms. The van der Waals surface area contributed by atoms with Crippen molar-refractivity contribution in [2.45, 2.75) is 0 Å². The standard InChI is InChI=1S/C16H9N5O4/c22-14-11-3-1-2-4-12(11)15(23)21(14)25-16(24)10-5-6-18-13(7-10)20-9-17-8-19-20/h1-9H. The zero-order chi connectivity index (χ0) is 17.4. The fraction of sp³-hybridized carbons (Fsp3) is 0. The molecule has 0 atom stereocenters. The number of pyridine rings is 1. The Hall–Kier alpha value is -3.88. The summed E-state index contributed by atoms with van der Waals surface area (Å²) in [6, 6.07) is 9.07. The van der Waals surface area contributed by atoms with E-state index in [1.807, 2.05) is 0 Å². The topological polar surface area (TPSA) is 107 Å². The van der Waals surface area contributed by atoms with Crippen LogP contribution in [0.5, 0.6) is 0 Å². The SMILES string of the molecule is O=C(ON1C(=O)c2ccccc2C1=O)c1ccnc(-n2cncn2)c1. The Morgan fingerprint density at radius 2 is 1.76 bits per heavy atom. The van der Waals surface area contributed by atoms with Gasteiger partial charge in [0.15, 0.2) is 5.82 Å². The van der Waals surface area contributed by atoms with E-state index in [1.54, 1.807) is 12.1 Å². The summed E-state index contributed by atoms with van der Waals surface area (Å²) in [5.74, 6) is -1.88. The maximum atomic E-state index is 12.3. The van der Waals surface area contributed by atoms with Gasteiger partial charge in [0, 0.05) is 6.20 Å². The van der Waals surface area contributed by atoms with E-state index in [0.29, 0.717) is 10.9 Å². The Morgan fingerprint density at radius 1 is 1.04 bits per heavy atom. The molecule has 9 nitrogen and oxygen atoms in total. The largest absolute Gasteiger partial charge is 0.364 e. The summed E-state index contributed by atoms with van der Waals surface area (Å²) in [5, 5.41) is 4.37. The number of aromatic nitrogens is 4. The summed E-state index contributed by atoms with van der Waals surface area (Å²) in [7, 11) is 0. The molecular weight excluding hydrogens is 326 g/mol. The first kappa shape index (κ1) is 14.7. The highest BCUT2D eigenvalue weighted by Crippen LogP contribution is 2.23. The number of imide groups is 1. The Morgan fingerprint density at radius 3 is 2.40 bits per heavy atom. The zero-order valence-electron chi connectivity index (χ0n) is 12.6. The average molecular weight is 335 g/mol. The van der Waals surface area contributed by atoms with Gasteiger partial charge < -0.3 is 4.84 Å². The molecule has 2 aromatic heterocycles. The molecule has 4 rings (SSSR count). The predicted molar refractivity (Wildman–Crippen MR) is 81.5 cm³/mol. The Kier molecular flexibility index (Phi) is 3.31. The van der Waals surface area contributed by atoms with Crippen LogP contribution in [0.1, 0.15) is 31.1 Å². The maximum absolute atomic E-state index is 12.3. The monoisotopic (exact) mass is 335 g/mol. The van der Waals surface area contributed by atoms with Crippen molar-refractivity contribution in [3.63, 3.8) is 0 Å². The van der Waals surface area contributed by atoms with E-state index in [2.05, 4.69) is 15.1 Å². The number of nitrogens with zero attached hydrogens (tertiary/aromatic N) is 5. The van der Waals surface area contributed by atoms with Gasteiger partial charge in [-0.15, -0.1) is 0 Å². The molecule has 0 unspecified atom stereocenters. The van der Waals surface area contributed by atoms with Crippen molar-refractivity contribution in [1.29, 1.82) is 0 Å². The lowest BCUT2D eigenvalue weighted by Gasteiger charge is -2.12. The number of hydrogen-bond acceptors (Lipinski definition) is 7. The molecule has 2 amide bonds. The first-order chi connectivity index (χ1) is 12.1. The molecule has 3 heterocycles. The summed E-state index contributed by atoms with van der Waals surface area (Å²) in [6.07, 6.45) is 4.13. The van der Waals surface area contributed by atoms with Crippen molar-refractivity contribution >= 4 is 17.8 Å². The number of rotatable bonds is 3. The van der Waals surface area contributed by atoms with Crippen LogP contribution in [0.25, 0.3) is 5.82 Å². The van der Waals surface area contributed by atoms with E-state index >= 15 is 0 Å². The van der Waals surface area contributed by atoms with Crippen LogP contribution in [0.2, 0.25) is 0 Å². The summed E-state index contributed by atoms with van der Waals surface area (Å²) >= 11 is 0. The normalized spacial score (nSPS) is 13.0. The zero-order valence-corrected chi connectivity index (χ0v) is 12.6. The van der Waals surface area contributed by atoms with E-state index in [0.717, 1.165) is 0 Å². The summed E-state index contributed by atoms with van der Waals surface area (Å²) in [4.78, 5) is 49.6.